The second-order valence-corrected chi connectivity index (χ2v) is 5.95. The zero-order valence-corrected chi connectivity index (χ0v) is 10.7. The Bertz CT molecular complexity index is 474. The zero-order chi connectivity index (χ0) is 13.8. The number of ether oxygens (including phenoxy) is 1. The van der Waals surface area contributed by atoms with Gasteiger partial charge in [0.2, 0.25) is 0 Å². The van der Waals surface area contributed by atoms with E-state index in [1.807, 2.05) is 0 Å². The molecule has 1 atom stereocenters. The lowest BCUT2D eigenvalue weighted by molar-refractivity contribution is -0.132. The second-order valence-electron chi connectivity index (χ2n) is 3.67. The molecule has 1 aromatic carbocycles. The molecule has 0 saturated carbocycles. The Morgan fingerprint density at radius 2 is 1.83 bits per heavy atom. The molecule has 2 N–H and O–H groups in total. The first kappa shape index (κ1) is 15.0. The number of hydrogen-bond acceptors (Lipinski definition) is 4. The van der Waals surface area contributed by atoms with Crippen LogP contribution in [0, 0.1) is 0 Å². The molecule has 0 aromatic heterocycles. The molecule has 0 aliphatic rings. The highest BCUT2D eigenvalue weighted by Crippen LogP contribution is 2.17. The van der Waals surface area contributed by atoms with E-state index in [4.69, 9.17) is 5.73 Å². The third kappa shape index (κ3) is 4.01. The van der Waals surface area contributed by atoms with Gasteiger partial charge < -0.3 is 10.5 Å². The summed E-state index contributed by atoms with van der Waals surface area (Å²) >= 11 is 0. The molecule has 0 radical (unpaired) electrons. The SMILES string of the molecule is CCS(=O)(=O)c1ccc([C@@H](N)COC(F)F)cc1. The molecule has 0 unspecified atom stereocenters. The van der Waals surface area contributed by atoms with E-state index in [0.717, 1.165) is 0 Å². The number of halogens is 2. The van der Waals surface area contributed by atoms with Crippen LogP contribution in [0.1, 0.15) is 18.5 Å². The molecule has 0 fully saturated rings. The van der Waals surface area contributed by atoms with Gasteiger partial charge in [-0.25, -0.2) is 8.42 Å². The highest BCUT2D eigenvalue weighted by Gasteiger charge is 2.13. The summed E-state index contributed by atoms with van der Waals surface area (Å²) in [4.78, 5) is 0.190. The Kier molecular flexibility index (Phi) is 5.18. The Morgan fingerprint density at radius 3 is 2.28 bits per heavy atom. The van der Waals surface area contributed by atoms with Crippen LogP contribution in [0.5, 0.6) is 0 Å². The average molecular weight is 279 g/mol. The first-order chi connectivity index (χ1) is 8.36. The molecule has 102 valence electrons. The number of sulfone groups is 1. The van der Waals surface area contributed by atoms with Gasteiger partial charge in [0, 0.05) is 0 Å². The summed E-state index contributed by atoms with van der Waals surface area (Å²) in [6.45, 7) is -1.64. The fourth-order valence-corrected chi connectivity index (χ4v) is 2.25. The third-order valence-corrected chi connectivity index (χ3v) is 4.20. The maximum absolute atomic E-state index is 11.8. The predicted octanol–water partition coefficient (Wildman–Crippen LogP) is 1.72. The summed E-state index contributed by atoms with van der Waals surface area (Å²) < 4.78 is 50.8. The smallest absolute Gasteiger partial charge is 0.322 e. The molecule has 0 spiro atoms. The summed E-state index contributed by atoms with van der Waals surface area (Å²) in [7, 11) is -3.26. The molecule has 1 aromatic rings. The zero-order valence-electron chi connectivity index (χ0n) is 9.84. The van der Waals surface area contributed by atoms with Crippen LogP contribution in [0.2, 0.25) is 0 Å². The van der Waals surface area contributed by atoms with Crippen molar-refractivity contribution in [1.29, 1.82) is 0 Å². The minimum Gasteiger partial charge on any atom is -0.322 e. The van der Waals surface area contributed by atoms with Crippen LogP contribution in [0.3, 0.4) is 0 Å². The average Bonchev–Trinajstić information content (AvgIpc) is 2.36. The van der Waals surface area contributed by atoms with Crippen LogP contribution in [-0.2, 0) is 14.6 Å². The molecule has 0 aliphatic heterocycles. The number of nitrogens with two attached hydrogens (primary N) is 1. The van der Waals surface area contributed by atoms with Gasteiger partial charge in [-0.3, -0.25) is 0 Å². The van der Waals surface area contributed by atoms with Gasteiger partial charge in [0.05, 0.1) is 23.3 Å². The van der Waals surface area contributed by atoms with Crippen LogP contribution in [0.4, 0.5) is 8.78 Å². The first-order valence-corrected chi connectivity index (χ1v) is 7.00. The molecular formula is C11H15F2NO3S. The number of alkyl halides is 2. The van der Waals surface area contributed by atoms with Crippen LogP contribution in [0.15, 0.2) is 29.2 Å². The van der Waals surface area contributed by atoms with Gasteiger partial charge >= 0.3 is 6.61 Å². The molecule has 0 saturated heterocycles. The standard InChI is InChI=1S/C11H15F2NO3S/c1-2-18(15,16)9-5-3-8(4-6-9)10(14)7-17-11(12)13/h3-6,10-11H,2,7,14H2,1H3/t10-/m0/s1. The minimum atomic E-state index is -3.26. The second kappa shape index (κ2) is 6.21. The van der Waals surface area contributed by atoms with Crippen LogP contribution >= 0.6 is 0 Å². The van der Waals surface area contributed by atoms with Gasteiger partial charge in [0.15, 0.2) is 9.84 Å². The van der Waals surface area contributed by atoms with E-state index in [1.165, 1.54) is 24.3 Å². The Labute approximate surface area is 105 Å². The highest BCUT2D eigenvalue weighted by molar-refractivity contribution is 7.91. The van der Waals surface area contributed by atoms with Gasteiger partial charge in [0.25, 0.3) is 0 Å². The van der Waals surface area contributed by atoms with E-state index in [9.17, 15) is 17.2 Å². The van der Waals surface area contributed by atoms with Gasteiger partial charge in [-0.15, -0.1) is 0 Å². The number of rotatable bonds is 6. The van der Waals surface area contributed by atoms with Gasteiger partial charge in [-0.05, 0) is 17.7 Å². The molecule has 0 amide bonds. The van der Waals surface area contributed by atoms with E-state index in [-0.39, 0.29) is 17.3 Å². The molecule has 18 heavy (non-hydrogen) atoms. The lowest BCUT2D eigenvalue weighted by Crippen LogP contribution is -2.19. The number of hydrogen-bond donors (Lipinski definition) is 1. The summed E-state index contributed by atoms with van der Waals surface area (Å²) in [5.74, 6) is 0.00684. The molecule has 0 heterocycles. The largest absolute Gasteiger partial charge is 0.345 e. The maximum atomic E-state index is 11.8. The van der Waals surface area contributed by atoms with Crippen molar-refractivity contribution in [3.05, 3.63) is 29.8 Å². The molecule has 0 aliphatic carbocycles. The minimum absolute atomic E-state index is 0.00684. The lowest BCUT2D eigenvalue weighted by atomic mass is 10.1. The predicted molar refractivity (Wildman–Crippen MR) is 63.1 cm³/mol. The lowest BCUT2D eigenvalue weighted by Gasteiger charge is -2.12. The van der Waals surface area contributed by atoms with Crippen molar-refractivity contribution < 1.29 is 21.9 Å². The van der Waals surface area contributed by atoms with Crippen molar-refractivity contribution >= 4 is 9.84 Å². The van der Waals surface area contributed by atoms with Gasteiger partial charge in [0.1, 0.15) is 0 Å². The molecule has 7 heteroatoms. The monoisotopic (exact) mass is 279 g/mol. The van der Waals surface area contributed by atoms with Crippen molar-refractivity contribution in [2.75, 3.05) is 12.4 Å². The summed E-state index contributed by atoms with van der Waals surface area (Å²) in [6.07, 6.45) is 0. The number of benzene rings is 1. The summed E-state index contributed by atoms with van der Waals surface area (Å²) in [6, 6.07) is 5.12. The molecule has 0 bridgehead atoms. The van der Waals surface area contributed by atoms with Crippen LogP contribution < -0.4 is 5.73 Å². The quantitative estimate of drug-likeness (QED) is 0.860. The van der Waals surface area contributed by atoms with E-state index >= 15 is 0 Å². The first-order valence-electron chi connectivity index (χ1n) is 5.35. The van der Waals surface area contributed by atoms with Crippen molar-refractivity contribution in [2.24, 2.45) is 5.73 Å². The Morgan fingerprint density at radius 1 is 1.28 bits per heavy atom. The molecule has 1 rings (SSSR count). The van der Waals surface area contributed by atoms with Gasteiger partial charge in [-0.2, -0.15) is 8.78 Å². The van der Waals surface area contributed by atoms with E-state index in [1.54, 1.807) is 6.92 Å². The van der Waals surface area contributed by atoms with Crippen LogP contribution in [0.25, 0.3) is 0 Å². The van der Waals surface area contributed by atoms with Crippen molar-refractivity contribution in [3.63, 3.8) is 0 Å². The van der Waals surface area contributed by atoms with E-state index in [0.29, 0.717) is 5.56 Å². The highest BCUT2D eigenvalue weighted by atomic mass is 32.2. The molecule has 4 nitrogen and oxygen atoms in total. The van der Waals surface area contributed by atoms with E-state index in [2.05, 4.69) is 4.74 Å². The van der Waals surface area contributed by atoms with Crippen molar-refractivity contribution in [3.8, 4) is 0 Å². The van der Waals surface area contributed by atoms with Crippen LogP contribution in [-0.4, -0.2) is 27.4 Å². The maximum Gasteiger partial charge on any atom is 0.345 e. The Hall–Kier alpha value is -1.05. The van der Waals surface area contributed by atoms with E-state index < -0.39 is 22.5 Å². The third-order valence-electron chi connectivity index (χ3n) is 2.45. The van der Waals surface area contributed by atoms with Crippen molar-refractivity contribution in [1.82, 2.24) is 0 Å². The van der Waals surface area contributed by atoms with Gasteiger partial charge in [-0.1, -0.05) is 19.1 Å². The summed E-state index contributed by atoms with van der Waals surface area (Å²) in [5.41, 5.74) is 6.17. The fraction of sp³-hybridized carbons (Fsp3) is 0.455. The molecular weight excluding hydrogens is 264 g/mol. The Balaban J connectivity index is 2.77. The fourth-order valence-electron chi connectivity index (χ4n) is 1.36. The topological polar surface area (TPSA) is 69.4 Å². The summed E-state index contributed by atoms with van der Waals surface area (Å²) in [5, 5.41) is 0. The van der Waals surface area contributed by atoms with Crippen molar-refractivity contribution in [2.45, 2.75) is 24.5 Å². The normalized spacial score (nSPS) is 13.8.